The number of hydrogen-bond acceptors (Lipinski definition) is 7. The van der Waals surface area contributed by atoms with E-state index in [-0.39, 0.29) is 0 Å². The largest absolute Gasteiger partial charge is 0.467 e. The van der Waals surface area contributed by atoms with Crippen molar-refractivity contribution in [2.45, 2.75) is 64.9 Å². The van der Waals surface area contributed by atoms with E-state index >= 15 is 0 Å². The molecule has 0 aliphatic rings. The molecule has 0 aromatic carbocycles. The van der Waals surface area contributed by atoms with Crippen molar-refractivity contribution >= 4 is 18.2 Å². The summed E-state index contributed by atoms with van der Waals surface area (Å²) in [6.45, 7) is 13.3. The lowest BCUT2D eigenvalue weighted by atomic mass is 10.1. The molecule has 2 atom stereocenters. The van der Waals surface area contributed by atoms with Gasteiger partial charge in [-0.25, -0.2) is 14.4 Å². The molecule has 8 nitrogen and oxygen atoms in total. The number of methoxy groups -OCH3 is 2. The van der Waals surface area contributed by atoms with Gasteiger partial charge in [-0.1, -0.05) is 6.08 Å². The van der Waals surface area contributed by atoms with Crippen LogP contribution in [0.5, 0.6) is 0 Å². The Kier molecular flexibility index (Phi) is 8.11. The zero-order valence-corrected chi connectivity index (χ0v) is 16.2. The van der Waals surface area contributed by atoms with Crippen LogP contribution in [0.1, 0.15) is 41.5 Å². The first-order valence-corrected chi connectivity index (χ1v) is 7.75. The Hall–Kier alpha value is -2.09. The van der Waals surface area contributed by atoms with Crippen LogP contribution < -0.4 is 0 Å². The van der Waals surface area contributed by atoms with Crippen molar-refractivity contribution in [1.29, 1.82) is 0 Å². The Labute approximate surface area is 149 Å². The van der Waals surface area contributed by atoms with Gasteiger partial charge in [0.25, 0.3) is 0 Å². The highest BCUT2D eigenvalue weighted by Crippen LogP contribution is 2.20. The molecular weight excluding hydrogens is 330 g/mol. The summed E-state index contributed by atoms with van der Waals surface area (Å²) in [6.07, 6.45) is -1.84. The van der Waals surface area contributed by atoms with E-state index in [9.17, 15) is 14.4 Å². The molecular formula is C17H29NO7. The van der Waals surface area contributed by atoms with Crippen LogP contribution in [0.2, 0.25) is 0 Å². The first-order valence-electron chi connectivity index (χ1n) is 7.75. The normalized spacial score (nSPS) is 14.1. The Morgan fingerprint density at radius 2 is 1.32 bits per heavy atom. The van der Waals surface area contributed by atoms with Crippen LogP contribution in [0.25, 0.3) is 0 Å². The van der Waals surface area contributed by atoms with Gasteiger partial charge in [-0.2, -0.15) is 4.90 Å². The van der Waals surface area contributed by atoms with Crippen LogP contribution in [0.3, 0.4) is 0 Å². The molecule has 0 heterocycles. The van der Waals surface area contributed by atoms with Crippen molar-refractivity contribution in [3.63, 3.8) is 0 Å². The molecule has 144 valence electrons. The van der Waals surface area contributed by atoms with Crippen LogP contribution >= 0.6 is 0 Å². The van der Waals surface area contributed by atoms with E-state index in [1.54, 1.807) is 41.5 Å². The van der Waals surface area contributed by atoms with Crippen molar-refractivity contribution in [1.82, 2.24) is 4.90 Å². The van der Waals surface area contributed by atoms with E-state index in [1.165, 1.54) is 13.2 Å². The van der Waals surface area contributed by atoms with Crippen molar-refractivity contribution in [2.24, 2.45) is 0 Å². The molecule has 0 rings (SSSR count). The molecule has 0 aromatic rings. The molecule has 0 bridgehead atoms. The molecule has 0 aromatic heterocycles. The molecule has 0 aliphatic heterocycles. The zero-order chi connectivity index (χ0) is 20.0. The van der Waals surface area contributed by atoms with Gasteiger partial charge < -0.3 is 18.9 Å². The second-order valence-electron chi connectivity index (χ2n) is 7.23. The predicted octanol–water partition coefficient (Wildman–Crippen LogP) is 2.90. The number of carbonyl (C=O) groups excluding carboxylic acids is 3. The maximum Gasteiger partial charge on any atom is 0.420 e. The number of amides is 2. The van der Waals surface area contributed by atoms with Crippen LogP contribution in [-0.2, 0) is 23.7 Å². The second-order valence-corrected chi connectivity index (χ2v) is 7.23. The molecule has 0 fully saturated rings. The Balaban J connectivity index is 6.02. The maximum absolute atomic E-state index is 12.6. The van der Waals surface area contributed by atoms with E-state index in [0.717, 1.165) is 7.11 Å². The molecule has 0 N–H and O–H groups in total. The summed E-state index contributed by atoms with van der Waals surface area (Å²) in [5, 5.41) is 0. The highest BCUT2D eigenvalue weighted by atomic mass is 16.6. The molecule has 2 amide bonds. The maximum atomic E-state index is 12.6. The minimum Gasteiger partial charge on any atom is -0.467 e. The number of imide groups is 1. The summed E-state index contributed by atoms with van der Waals surface area (Å²) in [5.41, 5.74) is -1.79. The monoisotopic (exact) mass is 359 g/mol. The van der Waals surface area contributed by atoms with Crippen molar-refractivity contribution in [2.75, 3.05) is 14.2 Å². The number of ether oxygens (including phenoxy) is 4. The summed E-state index contributed by atoms with van der Waals surface area (Å²) in [4.78, 5) is 38.0. The highest BCUT2D eigenvalue weighted by Gasteiger charge is 2.44. The van der Waals surface area contributed by atoms with Gasteiger partial charge in [0.15, 0.2) is 6.04 Å². The van der Waals surface area contributed by atoms with Crippen molar-refractivity contribution < 1.29 is 33.3 Å². The summed E-state index contributed by atoms with van der Waals surface area (Å²) in [6, 6.07) is -1.45. The standard InChI is InChI=1S/C17H29NO7/c1-10-11(22-8)12(13(19)23-9)18(14(20)24-16(2,3)4)15(21)25-17(5,6)7/h10-12H,1H2,2-9H3/t11-,12-/m0/s1. The quantitative estimate of drug-likeness (QED) is 0.423. The molecule has 8 heteroatoms. The molecule has 0 spiro atoms. The molecule has 0 saturated heterocycles. The van der Waals surface area contributed by atoms with Gasteiger partial charge in [-0.05, 0) is 41.5 Å². The van der Waals surface area contributed by atoms with Crippen molar-refractivity contribution in [3.8, 4) is 0 Å². The summed E-state index contributed by atoms with van der Waals surface area (Å²) in [7, 11) is 2.44. The van der Waals surface area contributed by atoms with Gasteiger partial charge in [0, 0.05) is 7.11 Å². The fraction of sp³-hybridized carbons (Fsp3) is 0.706. The Morgan fingerprint density at radius 1 is 0.920 bits per heavy atom. The van der Waals surface area contributed by atoms with Crippen LogP contribution in [0.4, 0.5) is 9.59 Å². The van der Waals surface area contributed by atoms with E-state index in [2.05, 4.69) is 6.58 Å². The zero-order valence-electron chi connectivity index (χ0n) is 16.2. The average Bonchev–Trinajstić information content (AvgIpc) is 2.42. The number of carbonyl (C=O) groups is 3. The number of rotatable bonds is 5. The van der Waals surface area contributed by atoms with Crippen LogP contribution in [0, 0.1) is 0 Å². The van der Waals surface area contributed by atoms with Gasteiger partial charge in [0.05, 0.1) is 7.11 Å². The highest BCUT2D eigenvalue weighted by molar-refractivity contribution is 5.94. The molecule has 0 saturated carbocycles. The summed E-state index contributed by atoms with van der Waals surface area (Å²) < 4.78 is 20.3. The summed E-state index contributed by atoms with van der Waals surface area (Å²) >= 11 is 0. The third kappa shape index (κ3) is 7.55. The smallest absolute Gasteiger partial charge is 0.420 e. The number of nitrogens with zero attached hydrogens (tertiary/aromatic N) is 1. The lowest BCUT2D eigenvalue weighted by Gasteiger charge is -2.34. The van der Waals surface area contributed by atoms with E-state index in [4.69, 9.17) is 18.9 Å². The first-order chi connectivity index (χ1) is 11.3. The lowest BCUT2D eigenvalue weighted by Crippen LogP contribution is -2.56. The van der Waals surface area contributed by atoms with Crippen LogP contribution in [0.15, 0.2) is 12.7 Å². The van der Waals surface area contributed by atoms with Gasteiger partial charge >= 0.3 is 18.2 Å². The molecule has 0 unspecified atom stereocenters. The van der Waals surface area contributed by atoms with Gasteiger partial charge in [-0.3, -0.25) is 0 Å². The SMILES string of the molecule is C=C[C@H](OC)[C@@H](C(=O)OC)N(C(=O)OC(C)(C)C)C(=O)OC(C)(C)C. The lowest BCUT2D eigenvalue weighted by molar-refractivity contribution is -0.150. The third-order valence-corrected chi connectivity index (χ3v) is 2.72. The fourth-order valence-electron chi connectivity index (χ4n) is 1.79. The second kappa shape index (κ2) is 8.84. The number of hydrogen-bond donors (Lipinski definition) is 0. The van der Waals surface area contributed by atoms with E-state index in [0.29, 0.717) is 4.90 Å². The molecule has 25 heavy (non-hydrogen) atoms. The van der Waals surface area contributed by atoms with Crippen LogP contribution in [-0.4, -0.2) is 60.6 Å². The number of esters is 1. The van der Waals surface area contributed by atoms with Gasteiger partial charge in [0.1, 0.15) is 17.3 Å². The Bertz CT molecular complexity index is 474. The third-order valence-electron chi connectivity index (χ3n) is 2.72. The van der Waals surface area contributed by atoms with Gasteiger partial charge in [-0.15, -0.1) is 6.58 Å². The van der Waals surface area contributed by atoms with E-state index < -0.39 is 41.5 Å². The molecule has 0 aliphatic carbocycles. The molecule has 0 radical (unpaired) electrons. The topological polar surface area (TPSA) is 91.4 Å². The Morgan fingerprint density at radius 3 is 1.56 bits per heavy atom. The minimum atomic E-state index is -1.45. The summed E-state index contributed by atoms with van der Waals surface area (Å²) in [5.74, 6) is -0.872. The van der Waals surface area contributed by atoms with E-state index in [1.807, 2.05) is 0 Å². The van der Waals surface area contributed by atoms with Crippen molar-refractivity contribution in [3.05, 3.63) is 12.7 Å². The minimum absolute atomic E-state index is 0.554. The fourth-order valence-corrected chi connectivity index (χ4v) is 1.79. The van der Waals surface area contributed by atoms with Gasteiger partial charge in [0.2, 0.25) is 0 Å². The predicted molar refractivity (Wildman–Crippen MR) is 91.1 cm³/mol. The average molecular weight is 359 g/mol. The first kappa shape index (κ1) is 22.9.